The van der Waals surface area contributed by atoms with Crippen LogP contribution in [0.3, 0.4) is 0 Å². The van der Waals surface area contributed by atoms with E-state index < -0.39 is 18.6 Å². The van der Waals surface area contributed by atoms with Gasteiger partial charge in [-0.1, -0.05) is 0 Å². The molecule has 0 aromatic carbocycles. The van der Waals surface area contributed by atoms with E-state index in [0.29, 0.717) is 12.8 Å². The van der Waals surface area contributed by atoms with Gasteiger partial charge >= 0.3 is 6.18 Å². The van der Waals surface area contributed by atoms with Gasteiger partial charge in [-0.2, -0.15) is 13.2 Å². The smallest absolute Gasteiger partial charge is 0.396 e. The highest BCUT2D eigenvalue weighted by Crippen LogP contribution is 2.11. The van der Waals surface area contributed by atoms with Gasteiger partial charge in [-0.15, -0.1) is 0 Å². The minimum Gasteiger partial charge on any atom is -0.396 e. The Morgan fingerprint density at radius 3 is 2.56 bits per heavy atom. The topological polar surface area (TPSA) is 61.4 Å². The maximum absolute atomic E-state index is 11.7. The molecule has 1 atom stereocenters. The Bertz CT molecular complexity index is 209. The molecule has 7 heteroatoms. The van der Waals surface area contributed by atoms with E-state index in [1.807, 2.05) is 5.32 Å². The number of hydrogen-bond acceptors (Lipinski definition) is 3. The van der Waals surface area contributed by atoms with Crippen molar-refractivity contribution in [2.45, 2.75) is 32.0 Å². The molecule has 0 aromatic heterocycles. The van der Waals surface area contributed by atoms with Crippen LogP contribution in [-0.2, 0) is 4.79 Å². The third-order valence-corrected chi connectivity index (χ3v) is 1.81. The van der Waals surface area contributed by atoms with Gasteiger partial charge in [-0.25, -0.2) is 0 Å². The van der Waals surface area contributed by atoms with Crippen molar-refractivity contribution in [3.05, 3.63) is 0 Å². The second kappa shape index (κ2) is 7.45. The number of amides is 1. The molecular weight excluding hydrogens is 225 g/mol. The molecule has 0 aliphatic carbocycles. The van der Waals surface area contributed by atoms with Crippen molar-refractivity contribution in [2.24, 2.45) is 0 Å². The van der Waals surface area contributed by atoms with Gasteiger partial charge in [0.05, 0.1) is 13.1 Å². The number of carbonyl (C=O) groups excluding carboxylic acids is 1. The van der Waals surface area contributed by atoms with E-state index in [0.717, 1.165) is 0 Å². The van der Waals surface area contributed by atoms with Crippen LogP contribution in [0.25, 0.3) is 0 Å². The summed E-state index contributed by atoms with van der Waals surface area (Å²) in [5.41, 5.74) is 0. The van der Waals surface area contributed by atoms with Crippen LogP contribution in [0.1, 0.15) is 19.8 Å². The van der Waals surface area contributed by atoms with Crippen molar-refractivity contribution in [1.29, 1.82) is 0 Å². The van der Waals surface area contributed by atoms with Crippen molar-refractivity contribution < 1.29 is 23.1 Å². The summed E-state index contributed by atoms with van der Waals surface area (Å²) in [7, 11) is 0. The van der Waals surface area contributed by atoms with Gasteiger partial charge in [-0.05, 0) is 19.8 Å². The van der Waals surface area contributed by atoms with Crippen LogP contribution < -0.4 is 10.6 Å². The molecule has 0 spiro atoms. The lowest BCUT2D eigenvalue weighted by Gasteiger charge is -2.14. The molecule has 0 radical (unpaired) electrons. The average Bonchev–Trinajstić information content (AvgIpc) is 2.12. The summed E-state index contributed by atoms with van der Waals surface area (Å²) in [6.07, 6.45) is -3.15. The highest BCUT2D eigenvalue weighted by molar-refractivity contribution is 5.78. The minimum absolute atomic E-state index is 0.0343. The maximum Gasteiger partial charge on any atom is 0.401 e. The van der Waals surface area contributed by atoms with E-state index >= 15 is 0 Å². The van der Waals surface area contributed by atoms with Crippen molar-refractivity contribution in [3.8, 4) is 0 Å². The van der Waals surface area contributed by atoms with Gasteiger partial charge in [0.1, 0.15) is 0 Å². The molecule has 0 aliphatic rings. The Kier molecular flexibility index (Phi) is 7.07. The quantitative estimate of drug-likeness (QED) is 0.606. The molecule has 0 saturated heterocycles. The number of aliphatic hydroxyl groups excluding tert-OH is 1. The summed E-state index contributed by atoms with van der Waals surface area (Å²) in [6, 6.07) is -0.146. The van der Waals surface area contributed by atoms with E-state index in [2.05, 4.69) is 5.32 Å². The molecule has 4 nitrogen and oxygen atoms in total. The molecule has 0 aromatic rings. The first-order valence-corrected chi connectivity index (χ1v) is 5.03. The Morgan fingerprint density at radius 1 is 1.44 bits per heavy atom. The molecule has 0 aliphatic heterocycles. The number of rotatable bonds is 7. The van der Waals surface area contributed by atoms with Gasteiger partial charge < -0.3 is 15.7 Å². The van der Waals surface area contributed by atoms with Gasteiger partial charge in [0.2, 0.25) is 5.91 Å². The fourth-order valence-electron chi connectivity index (χ4n) is 1.11. The zero-order valence-corrected chi connectivity index (χ0v) is 9.10. The number of nitrogens with one attached hydrogen (secondary N) is 2. The second-order valence-electron chi connectivity index (χ2n) is 3.55. The highest BCUT2D eigenvalue weighted by atomic mass is 19.4. The third kappa shape index (κ3) is 9.72. The molecule has 0 bridgehead atoms. The number of carbonyl (C=O) groups is 1. The Balaban J connectivity index is 3.58. The van der Waals surface area contributed by atoms with Crippen molar-refractivity contribution in [2.75, 3.05) is 19.7 Å². The van der Waals surface area contributed by atoms with Crippen LogP contribution in [-0.4, -0.2) is 42.9 Å². The standard InChI is InChI=1S/C9H17F3N2O2/c1-7(3-2-4-15)14-8(16)5-13-6-9(10,11)12/h7,13,15H,2-6H2,1H3,(H,14,16). The van der Waals surface area contributed by atoms with Crippen LogP contribution in [0.15, 0.2) is 0 Å². The van der Waals surface area contributed by atoms with Gasteiger partial charge in [0.15, 0.2) is 0 Å². The predicted octanol–water partition coefficient (Wildman–Crippen LogP) is 0.415. The molecule has 16 heavy (non-hydrogen) atoms. The van der Waals surface area contributed by atoms with Crippen molar-refractivity contribution in [1.82, 2.24) is 10.6 Å². The molecular formula is C9H17F3N2O2. The zero-order valence-electron chi connectivity index (χ0n) is 9.10. The molecule has 96 valence electrons. The second-order valence-corrected chi connectivity index (χ2v) is 3.55. The highest BCUT2D eigenvalue weighted by Gasteiger charge is 2.26. The SMILES string of the molecule is CC(CCCO)NC(=O)CNCC(F)(F)F. The Morgan fingerprint density at radius 2 is 2.06 bits per heavy atom. The summed E-state index contributed by atoms with van der Waals surface area (Å²) in [5, 5.41) is 13.1. The summed E-state index contributed by atoms with van der Waals surface area (Å²) >= 11 is 0. The van der Waals surface area contributed by atoms with Crippen molar-refractivity contribution in [3.63, 3.8) is 0 Å². The Labute approximate surface area is 92.2 Å². The normalized spacial score (nSPS) is 13.6. The first kappa shape index (κ1) is 15.2. The lowest BCUT2D eigenvalue weighted by Crippen LogP contribution is -2.41. The van der Waals surface area contributed by atoms with Crippen LogP contribution in [0, 0.1) is 0 Å². The first-order valence-electron chi connectivity index (χ1n) is 5.03. The van der Waals surface area contributed by atoms with Crippen LogP contribution in [0.5, 0.6) is 0 Å². The molecule has 1 amide bonds. The van der Waals surface area contributed by atoms with Crippen LogP contribution >= 0.6 is 0 Å². The van der Waals surface area contributed by atoms with E-state index in [-0.39, 0.29) is 19.2 Å². The average molecular weight is 242 g/mol. The maximum atomic E-state index is 11.7. The lowest BCUT2D eigenvalue weighted by atomic mass is 10.2. The largest absolute Gasteiger partial charge is 0.401 e. The van der Waals surface area contributed by atoms with Crippen molar-refractivity contribution >= 4 is 5.91 Å². The number of hydrogen-bond donors (Lipinski definition) is 3. The molecule has 0 fully saturated rings. The van der Waals surface area contributed by atoms with E-state index in [4.69, 9.17) is 5.11 Å². The van der Waals surface area contributed by atoms with E-state index in [1.165, 1.54) is 0 Å². The molecule has 0 heterocycles. The fourth-order valence-corrected chi connectivity index (χ4v) is 1.11. The third-order valence-electron chi connectivity index (χ3n) is 1.81. The minimum atomic E-state index is -4.30. The lowest BCUT2D eigenvalue weighted by molar-refractivity contribution is -0.128. The molecule has 0 rings (SSSR count). The predicted molar refractivity (Wildman–Crippen MR) is 52.8 cm³/mol. The number of halogens is 3. The van der Waals surface area contributed by atoms with E-state index in [1.54, 1.807) is 6.92 Å². The number of alkyl halides is 3. The summed E-state index contributed by atoms with van der Waals surface area (Å²) < 4.78 is 35.1. The summed E-state index contributed by atoms with van der Waals surface area (Å²) in [4.78, 5) is 11.1. The zero-order chi connectivity index (χ0) is 12.6. The van der Waals surface area contributed by atoms with Gasteiger partial charge in [0, 0.05) is 12.6 Å². The summed E-state index contributed by atoms with van der Waals surface area (Å²) in [6.45, 7) is 0.234. The first-order chi connectivity index (χ1) is 7.35. The van der Waals surface area contributed by atoms with Gasteiger partial charge in [0.25, 0.3) is 0 Å². The Hall–Kier alpha value is -0.820. The molecule has 0 saturated carbocycles. The van der Waals surface area contributed by atoms with Crippen LogP contribution in [0.4, 0.5) is 13.2 Å². The molecule has 1 unspecified atom stereocenters. The molecule has 3 N–H and O–H groups in total. The summed E-state index contributed by atoms with van der Waals surface area (Å²) in [5.74, 6) is -0.477. The van der Waals surface area contributed by atoms with Crippen LogP contribution in [0.2, 0.25) is 0 Å². The van der Waals surface area contributed by atoms with E-state index in [9.17, 15) is 18.0 Å². The fraction of sp³-hybridized carbons (Fsp3) is 0.889. The monoisotopic (exact) mass is 242 g/mol. The van der Waals surface area contributed by atoms with Gasteiger partial charge in [-0.3, -0.25) is 4.79 Å². The number of aliphatic hydroxyl groups is 1.